The van der Waals surface area contributed by atoms with Gasteiger partial charge in [0.25, 0.3) is 0 Å². The first kappa shape index (κ1) is 13.8. The summed E-state index contributed by atoms with van der Waals surface area (Å²) >= 11 is 0. The number of fused-ring (bicyclic) bond motifs is 3. The van der Waals surface area contributed by atoms with Crippen molar-refractivity contribution in [2.45, 2.75) is 64.1 Å². The number of aliphatic hydroxyl groups excluding tert-OH is 1. The van der Waals surface area contributed by atoms with Gasteiger partial charge in [-0.2, -0.15) is 0 Å². The van der Waals surface area contributed by atoms with Gasteiger partial charge in [-0.25, -0.2) is 0 Å². The van der Waals surface area contributed by atoms with Gasteiger partial charge in [0, 0.05) is 25.1 Å². The predicted octanol–water partition coefficient (Wildman–Crippen LogP) is 1.62. The third-order valence-electron chi connectivity index (χ3n) is 5.10. The SMILES string of the molecule is CCC[C@H]1CCN2C[C@H]3OC(C)(C)O[C@H]3[C@H]2[C@H]1CO. The third-order valence-corrected chi connectivity index (χ3v) is 5.10. The normalized spacial score (nSPS) is 45.2. The van der Waals surface area contributed by atoms with Crippen molar-refractivity contribution in [1.29, 1.82) is 0 Å². The number of piperidine rings is 1. The summed E-state index contributed by atoms with van der Waals surface area (Å²) in [5.41, 5.74) is 0. The summed E-state index contributed by atoms with van der Waals surface area (Å²) in [6.07, 6.45) is 3.96. The lowest BCUT2D eigenvalue weighted by Crippen LogP contribution is -2.52. The molecule has 0 bridgehead atoms. The zero-order chi connectivity index (χ0) is 13.6. The van der Waals surface area contributed by atoms with Gasteiger partial charge < -0.3 is 14.6 Å². The molecular weight excluding hydrogens is 242 g/mol. The van der Waals surface area contributed by atoms with Gasteiger partial charge in [0.05, 0.1) is 0 Å². The van der Waals surface area contributed by atoms with Crippen LogP contribution in [0.25, 0.3) is 0 Å². The van der Waals surface area contributed by atoms with Crippen molar-refractivity contribution in [2.24, 2.45) is 11.8 Å². The van der Waals surface area contributed by atoms with Crippen LogP contribution in [0.1, 0.15) is 40.0 Å². The Labute approximate surface area is 116 Å². The lowest BCUT2D eigenvalue weighted by molar-refractivity contribution is -0.170. The topological polar surface area (TPSA) is 41.9 Å². The molecule has 0 radical (unpaired) electrons. The van der Waals surface area contributed by atoms with Crippen molar-refractivity contribution in [3.8, 4) is 0 Å². The second-order valence-electron chi connectivity index (χ2n) is 6.81. The van der Waals surface area contributed by atoms with Crippen LogP contribution in [0.4, 0.5) is 0 Å². The van der Waals surface area contributed by atoms with Crippen molar-refractivity contribution in [3.63, 3.8) is 0 Å². The second kappa shape index (κ2) is 4.99. The quantitative estimate of drug-likeness (QED) is 0.845. The number of hydrogen-bond acceptors (Lipinski definition) is 4. The van der Waals surface area contributed by atoms with Crippen molar-refractivity contribution in [3.05, 3.63) is 0 Å². The molecular formula is C15H27NO3. The minimum atomic E-state index is -0.459. The molecule has 3 aliphatic heterocycles. The fraction of sp³-hybridized carbons (Fsp3) is 1.00. The van der Waals surface area contributed by atoms with Gasteiger partial charge in [-0.3, -0.25) is 4.90 Å². The molecule has 3 fully saturated rings. The Kier molecular flexibility index (Phi) is 3.63. The van der Waals surface area contributed by atoms with E-state index in [9.17, 15) is 5.11 Å². The average molecular weight is 269 g/mol. The van der Waals surface area contributed by atoms with E-state index in [-0.39, 0.29) is 18.8 Å². The summed E-state index contributed by atoms with van der Waals surface area (Å²) in [5, 5.41) is 9.86. The largest absolute Gasteiger partial charge is 0.396 e. The predicted molar refractivity (Wildman–Crippen MR) is 72.8 cm³/mol. The van der Waals surface area contributed by atoms with E-state index in [4.69, 9.17) is 9.47 Å². The van der Waals surface area contributed by atoms with E-state index in [1.54, 1.807) is 0 Å². The first-order valence-corrected chi connectivity index (χ1v) is 7.76. The molecule has 110 valence electrons. The zero-order valence-electron chi connectivity index (χ0n) is 12.3. The van der Waals surface area contributed by atoms with E-state index in [2.05, 4.69) is 11.8 Å². The van der Waals surface area contributed by atoms with Crippen LogP contribution in [0, 0.1) is 11.8 Å². The molecule has 0 aromatic heterocycles. The third kappa shape index (κ3) is 2.33. The van der Waals surface area contributed by atoms with E-state index < -0.39 is 5.79 Å². The van der Waals surface area contributed by atoms with Crippen molar-refractivity contribution < 1.29 is 14.6 Å². The second-order valence-corrected chi connectivity index (χ2v) is 6.81. The highest BCUT2D eigenvalue weighted by molar-refractivity contribution is 5.05. The monoisotopic (exact) mass is 269 g/mol. The van der Waals surface area contributed by atoms with Crippen LogP contribution in [0.2, 0.25) is 0 Å². The van der Waals surface area contributed by atoms with E-state index in [0.29, 0.717) is 17.9 Å². The molecule has 3 rings (SSSR count). The molecule has 4 heteroatoms. The van der Waals surface area contributed by atoms with Crippen LogP contribution in [0.5, 0.6) is 0 Å². The van der Waals surface area contributed by atoms with Crippen LogP contribution >= 0.6 is 0 Å². The van der Waals surface area contributed by atoms with Gasteiger partial charge in [-0.15, -0.1) is 0 Å². The Bertz CT molecular complexity index is 333. The Morgan fingerprint density at radius 2 is 2.11 bits per heavy atom. The highest BCUT2D eigenvalue weighted by atomic mass is 16.8. The Morgan fingerprint density at radius 3 is 2.79 bits per heavy atom. The molecule has 0 spiro atoms. The fourth-order valence-electron chi connectivity index (χ4n) is 4.42. The maximum absolute atomic E-state index is 9.86. The van der Waals surface area contributed by atoms with Crippen LogP contribution < -0.4 is 0 Å². The summed E-state index contributed by atoms with van der Waals surface area (Å²) in [4.78, 5) is 2.48. The van der Waals surface area contributed by atoms with Crippen molar-refractivity contribution in [1.82, 2.24) is 4.90 Å². The van der Waals surface area contributed by atoms with Gasteiger partial charge in [0.1, 0.15) is 12.2 Å². The molecule has 3 heterocycles. The first-order valence-electron chi connectivity index (χ1n) is 7.76. The minimum Gasteiger partial charge on any atom is -0.396 e. The highest BCUT2D eigenvalue weighted by Crippen LogP contribution is 2.44. The number of ether oxygens (including phenoxy) is 2. The minimum absolute atomic E-state index is 0.145. The highest BCUT2D eigenvalue weighted by Gasteiger charge is 2.56. The number of rotatable bonds is 3. The van der Waals surface area contributed by atoms with Crippen LogP contribution in [-0.2, 0) is 9.47 Å². The maximum Gasteiger partial charge on any atom is 0.163 e. The van der Waals surface area contributed by atoms with E-state index in [0.717, 1.165) is 13.1 Å². The lowest BCUT2D eigenvalue weighted by atomic mass is 9.77. The van der Waals surface area contributed by atoms with Gasteiger partial charge in [0.2, 0.25) is 0 Å². The zero-order valence-corrected chi connectivity index (χ0v) is 12.3. The number of aliphatic hydroxyl groups is 1. The molecule has 0 aliphatic carbocycles. The van der Waals surface area contributed by atoms with Crippen molar-refractivity contribution in [2.75, 3.05) is 19.7 Å². The van der Waals surface area contributed by atoms with Crippen LogP contribution in [0.3, 0.4) is 0 Å². The Hall–Kier alpha value is -0.160. The molecule has 4 nitrogen and oxygen atoms in total. The molecule has 0 amide bonds. The summed E-state index contributed by atoms with van der Waals surface area (Å²) in [7, 11) is 0. The fourth-order valence-corrected chi connectivity index (χ4v) is 4.42. The first-order chi connectivity index (χ1) is 9.05. The van der Waals surface area contributed by atoms with Crippen LogP contribution in [0.15, 0.2) is 0 Å². The molecule has 3 saturated heterocycles. The molecule has 0 unspecified atom stereocenters. The van der Waals surface area contributed by atoms with E-state index >= 15 is 0 Å². The smallest absolute Gasteiger partial charge is 0.163 e. The standard InChI is InChI=1S/C15H27NO3/c1-4-5-10-6-7-16-8-12-14(13(16)11(10)9-17)19-15(2,3)18-12/h10-14,17H,4-9H2,1-3H3/t10-,11-,12+,13+,14+/m0/s1. The Balaban J connectivity index is 1.79. The molecule has 0 saturated carbocycles. The average Bonchev–Trinajstić information content (AvgIpc) is 2.81. The molecule has 0 aromatic carbocycles. The molecule has 19 heavy (non-hydrogen) atoms. The van der Waals surface area contributed by atoms with Gasteiger partial charge in [0.15, 0.2) is 5.79 Å². The lowest BCUT2D eigenvalue weighted by Gasteiger charge is -2.43. The summed E-state index contributed by atoms with van der Waals surface area (Å²) in [6, 6.07) is 0.349. The molecule has 3 aliphatic rings. The van der Waals surface area contributed by atoms with E-state index in [1.807, 2.05) is 13.8 Å². The van der Waals surface area contributed by atoms with Crippen molar-refractivity contribution >= 4 is 0 Å². The summed E-state index contributed by atoms with van der Waals surface area (Å²) in [6.45, 7) is 8.60. The molecule has 0 aromatic rings. The summed E-state index contributed by atoms with van der Waals surface area (Å²) in [5.74, 6) is 0.530. The van der Waals surface area contributed by atoms with Gasteiger partial charge in [-0.1, -0.05) is 19.8 Å². The molecule has 5 atom stereocenters. The Morgan fingerprint density at radius 1 is 1.32 bits per heavy atom. The summed E-state index contributed by atoms with van der Waals surface area (Å²) < 4.78 is 12.1. The van der Waals surface area contributed by atoms with Crippen LogP contribution in [-0.4, -0.2) is 53.7 Å². The number of nitrogens with zero attached hydrogens (tertiary/aromatic N) is 1. The number of hydrogen-bond donors (Lipinski definition) is 1. The van der Waals surface area contributed by atoms with Gasteiger partial charge >= 0.3 is 0 Å². The van der Waals surface area contributed by atoms with E-state index in [1.165, 1.54) is 19.3 Å². The maximum atomic E-state index is 9.86. The molecule has 1 N–H and O–H groups in total. The van der Waals surface area contributed by atoms with Gasteiger partial charge in [-0.05, 0) is 32.7 Å².